The maximum absolute atomic E-state index is 11.0. The highest BCUT2D eigenvalue weighted by atomic mass is 35.5. The van der Waals surface area contributed by atoms with Crippen LogP contribution in [-0.2, 0) is 0 Å². The standard InChI is InChI=1S/C7H7ClN2O.C4H4S.C2H6/c1-9-7(11)5-3-2-4-10-6(5)8;1-2-4-5-3-1;1-2/h2-4H,1H3,(H,9,11);1-4H;1-2H3. The van der Waals surface area contributed by atoms with Crippen LogP contribution in [0, 0.1) is 0 Å². The van der Waals surface area contributed by atoms with Crippen molar-refractivity contribution in [2.75, 3.05) is 7.05 Å². The van der Waals surface area contributed by atoms with Crippen molar-refractivity contribution in [2.45, 2.75) is 13.8 Å². The molecule has 0 unspecified atom stereocenters. The normalized spacial score (nSPS) is 8.22. The summed E-state index contributed by atoms with van der Waals surface area (Å²) in [6.45, 7) is 4.00. The molecule has 5 heteroatoms. The average Bonchev–Trinajstić information content (AvgIpc) is 3.00. The Kier molecular flexibility index (Phi) is 9.91. The molecule has 1 amide bonds. The van der Waals surface area contributed by atoms with Crippen molar-refractivity contribution in [3.8, 4) is 0 Å². The summed E-state index contributed by atoms with van der Waals surface area (Å²) >= 11 is 7.34. The van der Waals surface area contributed by atoms with Crippen LogP contribution in [-0.4, -0.2) is 17.9 Å². The molecule has 98 valence electrons. The first-order valence-corrected chi connectivity index (χ1v) is 6.87. The summed E-state index contributed by atoms with van der Waals surface area (Å²) in [5.74, 6) is -0.219. The Balaban J connectivity index is 0.000000343. The minimum absolute atomic E-state index is 0.219. The number of rotatable bonds is 1. The van der Waals surface area contributed by atoms with Crippen LogP contribution >= 0.6 is 22.9 Å². The smallest absolute Gasteiger partial charge is 0.254 e. The first kappa shape index (κ1) is 16.6. The molecule has 2 rings (SSSR count). The molecule has 0 aliphatic heterocycles. The van der Waals surface area contributed by atoms with Crippen molar-refractivity contribution >= 4 is 28.8 Å². The van der Waals surface area contributed by atoms with Gasteiger partial charge in [0, 0.05) is 13.2 Å². The van der Waals surface area contributed by atoms with Gasteiger partial charge in [0.2, 0.25) is 0 Å². The Morgan fingerprint density at radius 2 is 1.89 bits per heavy atom. The zero-order valence-electron chi connectivity index (χ0n) is 10.7. The van der Waals surface area contributed by atoms with Crippen molar-refractivity contribution in [2.24, 2.45) is 0 Å². The van der Waals surface area contributed by atoms with Crippen LogP contribution in [0.4, 0.5) is 0 Å². The first-order valence-electron chi connectivity index (χ1n) is 5.55. The third-order valence-corrected chi connectivity index (χ3v) is 2.59. The lowest BCUT2D eigenvalue weighted by Gasteiger charge is -1.99. The zero-order valence-corrected chi connectivity index (χ0v) is 12.3. The quantitative estimate of drug-likeness (QED) is 0.808. The van der Waals surface area contributed by atoms with Gasteiger partial charge in [0.05, 0.1) is 5.56 Å². The molecule has 2 aromatic heterocycles. The minimum Gasteiger partial charge on any atom is -0.355 e. The Bertz CT molecular complexity index is 415. The molecule has 0 radical (unpaired) electrons. The first-order chi connectivity index (χ1) is 8.75. The van der Waals surface area contributed by atoms with Gasteiger partial charge in [-0.15, -0.1) is 0 Å². The van der Waals surface area contributed by atoms with E-state index in [9.17, 15) is 4.79 Å². The van der Waals surface area contributed by atoms with Crippen LogP contribution in [0.5, 0.6) is 0 Å². The SMILES string of the molecule is CC.CNC(=O)c1cccnc1Cl.c1ccsc1. The number of pyridine rings is 1. The van der Waals surface area contributed by atoms with Gasteiger partial charge in [-0.1, -0.05) is 37.6 Å². The number of carbonyl (C=O) groups excluding carboxylic acids is 1. The van der Waals surface area contributed by atoms with Gasteiger partial charge in [-0.05, 0) is 22.9 Å². The zero-order chi connectivity index (χ0) is 13.8. The highest BCUT2D eigenvalue weighted by Crippen LogP contribution is 2.10. The molecule has 0 fully saturated rings. The second kappa shape index (κ2) is 10.7. The minimum atomic E-state index is -0.219. The summed E-state index contributed by atoms with van der Waals surface area (Å²) in [5.41, 5.74) is 0.400. The number of amides is 1. The van der Waals surface area contributed by atoms with E-state index in [-0.39, 0.29) is 11.1 Å². The molecular weight excluding hydrogens is 268 g/mol. The number of carbonyl (C=O) groups is 1. The van der Waals surface area contributed by atoms with E-state index in [2.05, 4.69) is 10.3 Å². The Morgan fingerprint density at radius 1 is 1.28 bits per heavy atom. The van der Waals surface area contributed by atoms with Crippen LogP contribution in [0.1, 0.15) is 24.2 Å². The maximum atomic E-state index is 11.0. The fraction of sp³-hybridized carbons (Fsp3) is 0.231. The lowest BCUT2D eigenvalue weighted by Crippen LogP contribution is -2.18. The molecule has 0 bridgehead atoms. The molecule has 0 saturated heterocycles. The summed E-state index contributed by atoms with van der Waals surface area (Å²) in [7, 11) is 1.55. The monoisotopic (exact) mass is 284 g/mol. The number of hydrogen-bond donors (Lipinski definition) is 1. The van der Waals surface area contributed by atoms with Crippen molar-refractivity contribution in [1.29, 1.82) is 0 Å². The van der Waals surface area contributed by atoms with Gasteiger partial charge in [0.15, 0.2) is 0 Å². The summed E-state index contributed by atoms with van der Waals surface area (Å²) < 4.78 is 0. The number of aromatic nitrogens is 1. The largest absolute Gasteiger partial charge is 0.355 e. The third kappa shape index (κ3) is 6.37. The summed E-state index contributed by atoms with van der Waals surface area (Å²) in [6, 6.07) is 7.32. The number of nitrogens with zero attached hydrogens (tertiary/aromatic N) is 1. The molecule has 0 saturated carbocycles. The van der Waals surface area contributed by atoms with E-state index in [4.69, 9.17) is 11.6 Å². The van der Waals surface area contributed by atoms with Gasteiger partial charge in [-0.2, -0.15) is 11.3 Å². The van der Waals surface area contributed by atoms with Gasteiger partial charge >= 0.3 is 0 Å². The van der Waals surface area contributed by atoms with E-state index in [1.165, 1.54) is 6.20 Å². The lowest BCUT2D eigenvalue weighted by atomic mass is 10.3. The van der Waals surface area contributed by atoms with E-state index in [0.717, 1.165) is 0 Å². The molecule has 1 N–H and O–H groups in total. The molecule has 3 nitrogen and oxygen atoms in total. The van der Waals surface area contributed by atoms with Crippen LogP contribution in [0.15, 0.2) is 41.2 Å². The summed E-state index contributed by atoms with van der Waals surface area (Å²) in [5, 5.41) is 6.77. The second-order valence-corrected chi connectivity index (χ2v) is 3.89. The average molecular weight is 285 g/mol. The number of nitrogens with one attached hydrogen (secondary N) is 1. The van der Waals surface area contributed by atoms with Gasteiger partial charge in [0.25, 0.3) is 5.91 Å². The van der Waals surface area contributed by atoms with Crippen molar-refractivity contribution < 1.29 is 4.79 Å². The summed E-state index contributed by atoms with van der Waals surface area (Å²) in [4.78, 5) is 14.8. The van der Waals surface area contributed by atoms with Crippen LogP contribution in [0.2, 0.25) is 5.15 Å². The number of hydrogen-bond acceptors (Lipinski definition) is 3. The maximum Gasteiger partial charge on any atom is 0.254 e. The molecule has 0 atom stereocenters. The fourth-order valence-corrected chi connectivity index (χ4v) is 1.58. The van der Waals surface area contributed by atoms with E-state index in [0.29, 0.717) is 5.56 Å². The van der Waals surface area contributed by atoms with Crippen LogP contribution in [0.3, 0.4) is 0 Å². The van der Waals surface area contributed by atoms with Gasteiger partial charge in [0.1, 0.15) is 5.15 Å². The highest BCUT2D eigenvalue weighted by molar-refractivity contribution is 7.07. The molecule has 18 heavy (non-hydrogen) atoms. The van der Waals surface area contributed by atoms with Crippen molar-refractivity contribution in [1.82, 2.24) is 10.3 Å². The predicted molar refractivity (Wildman–Crippen MR) is 78.3 cm³/mol. The van der Waals surface area contributed by atoms with E-state index in [1.54, 1.807) is 30.5 Å². The Morgan fingerprint density at radius 3 is 2.28 bits per heavy atom. The van der Waals surface area contributed by atoms with E-state index in [1.807, 2.05) is 36.7 Å². The van der Waals surface area contributed by atoms with Crippen molar-refractivity contribution in [3.05, 3.63) is 51.9 Å². The Labute approximate surface area is 117 Å². The molecule has 2 aromatic rings. The van der Waals surface area contributed by atoms with E-state index >= 15 is 0 Å². The highest BCUT2D eigenvalue weighted by Gasteiger charge is 2.06. The molecule has 0 aliphatic carbocycles. The molecular formula is C13H17ClN2OS. The lowest BCUT2D eigenvalue weighted by molar-refractivity contribution is 0.0963. The Hall–Kier alpha value is -1.39. The topological polar surface area (TPSA) is 42.0 Å². The molecule has 0 aromatic carbocycles. The third-order valence-electron chi connectivity index (χ3n) is 1.66. The number of halogens is 1. The molecule has 0 spiro atoms. The number of thiophene rings is 1. The van der Waals surface area contributed by atoms with Crippen molar-refractivity contribution in [3.63, 3.8) is 0 Å². The summed E-state index contributed by atoms with van der Waals surface area (Å²) in [6.07, 6.45) is 1.54. The van der Waals surface area contributed by atoms with E-state index < -0.39 is 0 Å². The predicted octanol–water partition coefficient (Wildman–Crippen LogP) is 3.87. The second-order valence-electron chi connectivity index (χ2n) is 2.71. The molecule has 2 heterocycles. The fourth-order valence-electron chi connectivity index (χ4n) is 0.917. The van der Waals surface area contributed by atoms with Crippen LogP contribution < -0.4 is 5.32 Å². The van der Waals surface area contributed by atoms with Gasteiger partial charge < -0.3 is 5.32 Å². The van der Waals surface area contributed by atoms with Gasteiger partial charge in [-0.25, -0.2) is 4.98 Å². The van der Waals surface area contributed by atoms with Gasteiger partial charge in [-0.3, -0.25) is 4.79 Å². The van der Waals surface area contributed by atoms with Crippen LogP contribution in [0.25, 0.3) is 0 Å². The molecule has 0 aliphatic rings.